The van der Waals surface area contributed by atoms with Crippen LogP contribution < -0.4 is 10.1 Å². The van der Waals surface area contributed by atoms with E-state index in [2.05, 4.69) is 5.32 Å². The van der Waals surface area contributed by atoms with Crippen molar-refractivity contribution in [2.75, 3.05) is 11.9 Å². The number of benzene rings is 2. The van der Waals surface area contributed by atoms with Crippen LogP contribution in [0.2, 0.25) is 0 Å². The van der Waals surface area contributed by atoms with Gasteiger partial charge in [0.2, 0.25) is 0 Å². The van der Waals surface area contributed by atoms with Crippen molar-refractivity contribution in [3.63, 3.8) is 0 Å². The summed E-state index contributed by atoms with van der Waals surface area (Å²) < 4.78 is 42.5. The molecule has 0 aliphatic rings. The molecule has 0 saturated heterocycles. The summed E-state index contributed by atoms with van der Waals surface area (Å²) in [5, 5.41) is 2.53. The van der Waals surface area contributed by atoms with Crippen molar-refractivity contribution < 1.29 is 27.5 Å². The number of ether oxygens (including phenoxy) is 1. The van der Waals surface area contributed by atoms with Crippen LogP contribution in [0.25, 0.3) is 0 Å². The molecule has 0 saturated carbocycles. The van der Waals surface area contributed by atoms with Gasteiger partial charge in [0.1, 0.15) is 5.75 Å². The normalized spacial score (nSPS) is 11.0. The first kappa shape index (κ1) is 17.5. The summed E-state index contributed by atoms with van der Waals surface area (Å²) in [5.74, 6) is -0.587. The van der Waals surface area contributed by atoms with E-state index in [0.717, 1.165) is 24.3 Å². The van der Waals surface area contributed by atoms with Crippen LogP contribution in [0.15, 0.2) is 48.5 Å². The molecule has 0 aromatic heterocycles. The largest absolute Gasteiger partial charge is 0.484 e. The Balaban J connectivity index is 1.96. The number of para-hydroxylation sites is 1. The van der Waals surface area contributed by atoms with Crippen molar-refractivity contribution in [1.29, 1.82) is 0 Å². The molecule has 4 nitrogen and oxygen atoms in total. The first-order valence-corrected chi connectivity index (χ1v) is 6.97. The highest BCUT2D eigenvalue weighted by Gasteiger charge is 2.30. The first-order valence-electron chi connectivity index (χ1n) is 6.97. The Labute approximate surface area is 136 Å². The molecule has 0 aliphatic heterocycles. The van der Waals surface area contributed by atoms with Gasteiger partial charge in [0.05, 0.1) is 11.3 Å². The molecule has 0 spiro atoms. The lowest BCUT2D eigenvalue weighted by atomic mass is 10.1. The van der Waals surface area contributed by atoms with Crippen LogP contribution in [0, 0.1) is 0 Å². The van der Waals surface area contributed by atoms with E-state index < -0.39 is 24.3 Å². The number of ketones is 1. The Morgan fingerprint density at radius 2 is 1.67 bits per heavy atom. The Hall–Kier alpha value is -2.83. The van der Waals surface area contributed by atoms with Gasteiger partial charge in [0.25, 0.3) is 5.91 Å². The number of halogens is 3. The van der Waals surface area contributed by atoms with E-state index >= 15 is 0 Å². The number of hydrogen-bond donors (Lipinski definition) is 1. The zero-order valence-corrected chi connectivity index (χ0v) is 12.7. The van der Waals surface area contributed by atoms with E-state index in [1.807, 2.05) is 0 Å². The van der Waals surface area contributed by atoms with E-state index in [4.69, 9.17) is 4.74 Å². The fourth-order valence-electron chi connectivity index (χ4n) is 1.97. The molecule has 2 rings (SSSR count). The van der Waals surface area contributed by atoms with Crippen LogP contribution in [-0.4, -0.2) is 18.3 Å². The van der Waals surface area contributed by atoms with Gasteiger partial charge in [-0.1, -0.05) is 12.1 Å². The predicted octanol–water partition coefficient (Wildman–Crippen LogP) is 3.93. The maximum Gasteiger partial charge on any atom is 0.416 e. The van der Waals surface area contributed by atoms with Crippen LogP contribution >= 0.6 is 0 Å². The van der Waals surface area contributed by atoms with Gasteiger partial charge in [-0.2, -0.15) is 13.2 Å². The van der Waals surface area contributed by atoms with Crippen LogP contribution in [0.1, 0.15) is 22.8 Å². The molecule has 0 radical (unpaired) electrons. The molecule has 2 aromatic carbocycles. The molecular formula is C17H14F3NO3. The number of alkyl halides is 3. The SMILES string of the molecule is CC(=O)c1ccccc1NC(=O)COc1ccc(C(F)(F)F)cc1. The summed E-state index contributed by atoms with van der Waals surface area (Å²) in [7, 11) is 0. The smallest absolute Gasteiger partial charge is 0.416 e. The monoisotopic (exact) mass is 337 g/mol. The van der Waals surface area contributed by atoms with E-state index in [0.29, 0.717) is 11.3 Å². The molecule has 0 fully saturated rings. The molecular weight excluding hydrogens is 323 g/mol. The van der Waals surface area contributed by atoms with E-state index in [-0.39, 0.29) is 11.5 Å². The quantitative estimate of drug-likeness (QED) is 0.841. The Morgan fingerprint density at radius 1 is 1.04 bits per heavy atom. The summed E-state index contributed by atoms with van der Waals surface area (Å²) in [6.07, 6.45) is -4.42. The van der Waals surface area contributed by atoms with E-state index in [1.54, 1.807) is 24.3 Å². The molecule has 126 valence electrons. The highest BCUT2D eigenvalue weighted by Crippen LogP contribution is 2.30. The van der Waals surface area contributed by atoms with Crippen LogP contribution in [0.4, 0.5) is 18.9 Å². The van der Waals surface area contributed by atoms with Crippen molar-refractivity contribution in [2.24, 2.45) is 0 Å². The second kappa shape index (κ2) is 7.16. The van der Waals surface area contributed by atoms with Gasteiger partial charge in [-0.25, -0.2) is 0 Å². The molecule has 0 heterocycles. The van der Waals surface area contributed by atoms with Crippen molar-refractivity contribution in [2.45, 2.75) is 13.1 Å². The number of anilines is 1. The van der Waals surface area contributed by atoms with E-state index in [9.17, 15) is 22.8 Å². The fraction of sp³-hybridized carbons (Fsp3) is 0.176. The average Bonchev–Trinajstić information content (AvgIpc) is 2.53. The molecule has 0 unspecified atom stereocenters. The third kappa shape index (κ3) is 4.58. The lowest BCUT2D eigenvalue weighted by Gasteiger charge is -2.11. The number of Topliss-reactive ketones (excluding diaryl/α,β-unsaturated/α-hetero) is 1. The summed E-state index contributed by atoms with van der Waals surface area (Å²) >= 11 is 0. The van der Waals surface area contributed by atoms with Crippen molar-refractivity contribution in [3.05, 3.63) is 59.7 Å². The number of rotatable bonds is 5. The minimum Gasteiger partial charge on any atom is -0.484 e. The van der Waals surface area contributed by atoms with Crippen molar-refractivity contribution >= 4 is 17.4 Å². The zero-order valence-electron chi connectivity index (χ0n) is 12.7. The van der Waals surface area contributed by atoms with Gasteiger partial charge >= 0.3 is 6.18 Å². The predicted molar refractivity (Wildman–Crippen MR) is 82.0 cm³/mol. The molecule has 0 bridgehead atoms. The molecule has 2 aromatic rings. The van der Waals surface area contributed by atoms with Gasteiger partial charge in [-0.3, -0.25) is 9.59 Å². The van der Waals surface area contributed by atoms with Gasteiger partial charge in [-0.05, 0) is 43.3 Å². The third-order valence-electron chi connectivity index (χ3n) is 3.13. The average molecular weight is 337 g/mol. The standard InChI is InChI=1S/C17H14F3NO3/c1-11(22)14-4-2-3-5-15(14)21-16(23)10-24-13-8-6-12(7-9-13)17(18,19)20/h2-9H,10H2,1H3,(H,21,23). The topological polar surface area (TPSA) is 55.4 Å². The minimum absolute atomic E-state index is 0.137. The Kier molecular flexibility index (Phi) is 5.23. The zero-order chi connectivity index (χ0) is 17.7. The maximum absolute atomic E-state index is 12.4. The molecule has 1 amide bonds. The summed E-state index contributed by atoms with van der Waals surface area (Å²) in [6, 6.07) is 10.5. The molecule has 0 atom stereocenters. The van der Waals surface area contributed by atoms with Gasteiger partial charge in [0, 0.05) is 5.56 Å². The lowest BCUT2D eigenvalue weighted by molar-refractivity contribution is -0.137. The van der Waals surface area contributed by atoms with Gasteiger partial charge < -0.3 is 10.1 Å². The minimum atomic E-state index is -4.42. The van der Waals surface area contributed by atoms with Crippen molar-refractivity contribution in [1.82, 2.24) is 0 Å². The van der Waals surface area contributed by atoms with Crippen LogP contribution in [-0.2, 0) is 11.0 Å². The van der Waals surface area contributed by atoms with Gasteiger partial charge in [-0.15, -0.1) is 0 Å². The van der Waals surface area contributed by atoms with E-state index in [1.165, 1.54) is 6.92 Å². The number of amides is 1. The second-order valence-corrected chi connectivity index (χ2v) is 4.96. The lowest BCUT2D eigenvalue weighted by Crippen LogP contribution is -2.21. The van der Waals surface area contributed by atoms with Crippen molar-refractivity contribution in [3.8, 4) is 5.75 Å². The third-order valence-corrected chi connectivity index (χ3v) is 3.13. The highest BCUT2D eigenvalue weighted by atomic mass is 19.4. The second-order valence-electron chi connectivity index (χ2n) is 4.96. The van der Waals surface area contributed by atoms with Crippen LogP contribution in [0.5, 0.6) is 5.75 Å². The maximum atomic E-state index is 12.4. The molecule has 24 heavy (non-hydrogen) atoms. The number of carbonyl (C=O) groups excluding carboxylic acids is 2. The van der Waals surface area contributed by atoms with Crippen LogP contribution in [0.3, 0.4) is 0 Å². The molecule has 1 N–H and O–H groups in total. The molecule has 0 aliphatic carbocycles. The first-order chi connectivity index (χ1) is 11.3. The Bertz CT molecular complexity index is 739. The summed E-state index contributed by atoms with van der Waals surface area (Å²) in [4.78, 5) is 23.3. The summed E-state index contributed by atoms with van der Waals surface area (Å²) in [6.45, 7) is 0.987. The number of hydrogen-bond acceptors (Lipinski definition) is 3. The molecule has 7 heteroatoms. The summed E-state index contributed by atoms with van der Waals surface area (Å²) in [5.41, 5.74) is -0.0823. The van der Waals surface area contributed by atoms with Gasteiger partial charge in [0.15, 0.2) is 12.4 Å². The Morgan fingerprint density at radius 3 is 2.25 bits per heavy atom. The highest BCUT2D eigenvalue weighted by molar-refractivity contribution is 6.03. The number of carbonyl (C=O) groups is 2. The number of nitrogens with one attached hydrogen (secondary N) is 1. The fourth-order valence-corrected chi connectivity index (χ4v) is 1.97.